The van der Waals surface area contributed by atoms with E-state index in [4.69, 9.17) is 4.74 Å². The zero-order chi connectivity index (χ0) is 10.6. The molecule has 78 valence electrons. The zero-order valence-corrected chi connectivity index (χ0v) is 11.4. The van der Waals surface area contributed by atoms with Crippen LogP contribution in [0.3, 0.4) is 0 Å². The minimum Gasteiger partial charge on any atom is -0.477 e. The highest BCUT2D eigenvalue weighted by Crippen LogP contribution is 2.25. The monoisotopic (exact) mass is 321 g/mol. The number of nitrogens with zero attached hydrogens (tertiary/aromatic N) is 1. The van der Waals surface area contributed by atoms with Gasteiger partial charge < -0.3 is 4.74 Å². The fourth-order valence-corrected chi connectivity index (χ4v) is 1.95. The molecule has 2 nitrogen and oxygen atoms in total. The number of halogens is 2. The molecule has 0 aromatic carbocycles. The van der Waals surface area contributed by atoms with Gasteiger partial charge in [-0.15, -0.1) is 0 Å². The molecular formula is C10H13Br2NO. The van der Waals surface area contributed by atoms with Crippen LogP contribution in [0.1, 0.15) is 20.3 Å². The molecule has 1 atom stereocenters. The maximum Gasteiger partial charge on any atom is 0.228 e. The van der Waals surface area contributed by atoms with Crippen LogP contribution in [0, 0.1) is 5.92 Å². The van der Waals surface area contributed by atoms with Crippen molar-refractivity contribution in [3.8, 4) is 5.88 Å². The summed E-state index contributed by atoms with van der Waals surface area (Å²) in [6.45, 7) is 5.02. The third-order valence-corrected chi connectivity index (χ3v) is 2.98. The third kappa shape index (κ3) is 3.58. The normalized spacial score (nSPS) is 12.6. The second kappa shape index (κ2) is 5.71. The van der Waals surface area contributed by atoms with Crippen LogP contribution in [0.2, 0.25) is 0 Å². The van der Waals surface area contributed by atoms with Crippen LogP contribution in [-0.4, -0.2) is 11.6 Å². The fourth-order valence-electron chi connectivity index (χ4n) is 0.847. The van der Waals surface area contributed by atoms with Crippen molar-refractivity contribution in [1.29, 1.82) is 0 Å². The Morgan fingerprint density at radius 2 is 2.21 bits per heavy atom. The summed E-state index contributed by atoms with van der Waals surface area (Å²) < 4.78 is 7.39. The molecule has 0 saturated carbocycles. The summed E-state index contributed by atoms with van der Waals surface area (Å²) in [5.41, 5.74) is 0. The molecule has 1 rings (SSSR count). The summed E-state index contributed by atoms with van der Waals surface area (Å²) in [5.74, 6) is 1.22. The number of hydrogen-bond acceptors (Lipinski definition) is 2. The van der Waals surface area contributed by atoms with E-state index < -0.39 is 0 Å². The summed E-state index contributed by atoms with van der Waals surface area (Å²) in [6.07, 6.45) is 2.85. The maximum atomic E-state index is 5.57. The standard InChI is InChI=1S/C10H13Br2NO/c1-3-7(2)6-14-10-9(12)4-8(11)5-13-10/h4-5,7H,3,6H2,1-2H3/t7-/m0/s1. The molecule has 0 aliphatic rings. The SMILES string of the molecule is CC[C@H](C)COc1ncc(Br)cc1Br. The van der Waals surface area contributed by atoms with Crippen LogP contribution < -0.4 is 4.74 Å². The summed E-state index contributed by atoms with van der Waals surface area (Å²) in [6, 6.07) is 1.93. The lowest BCUT2D eigenvalue weighted by Crippen LogP contribution is -2.08. The van der Waals surface area contributed by atoms with Crippen molar-refractivity contribution in [1.82, 2.24) is 4.98 Å². The second-order valence-electron chi connectivity index (χ2n) is 3.26. The van der Waals surface area contributed by atoms with Crippen molar-refractivity contribution in [3.05, 3.63) is 21.2 Å². The molecule has 14 heavy (non-hydrogen) atoms. The van der Waals surface area contributed by atoms with E-state index in [-0.39, 0.29) is 0 Å². The van der Waals surface area contributed by atoms with Gasteiger partial charge in [-0.1, -0.05) is 20.3 Å². The Labute approximate surface area is 101 Å². The van der Waals surface area contributed by atoms with Gasteiger partial charge >= 0.3 is 0 Å². The van der Waals surface area contributed by atoms with Crippen molar-refractivity contribution in [2.45, 2.75) is 20.3 Å². The second-order valence-corrected chi connectivity index (χ2v) is 5.03. The van der Waals surface area contributed by atoms with E-state index in [1.165, 1.54) is 0 Å². The quantitative estimate of drug-likeness (QED) is 0.835. The molecule has 1 heterocycles. The van der Waals surface area contributed by atoms with Crippen LogP contribution in [0.25, 0.3) is 0 Å². The van der Waals surface area contributed by atoms with Gasteiger partial charge in [0.15, 0.2) is 0 Å². The number of aromatic nitrogens is 1. The van der Waals surface area contributed by atoms with Gasteiger partial charge in [0.2, 0.25) is 5.88 Å². The third-order valence-electron chi connectivity index (χ3n) is 1.98. The Balaban J connectivity index is 2.59. The average Bonchev–Trinajstić information content (AvgIpc) is 2.16. The topological polar surface area (TPSA) is 22.1 Å². The fraction of sp³-hybridized carbons (Fsp3) is 0.500. The summed E-state index contributed by atoms with van der Waals surface area (Å²) >= 11 is 6.74. The molecule has 0 aliphatic carbocycles. The molecule has 4 heteroatoms. The Morgan fingerprint density at radius 3 is 2.79 bits per heavy atom. The number of rotatable bonds is 4. The summed E-state index contributed by atoms with van der Waals surface area (Å²) in [4.78, 5) is 4.17. The number of pyridine rings is 1. The van der Waals surface area contributed by atoms with Gasteiger partial charge in [-0.05, 0) is 43.8 Å². The molecule has 0 bridgehead atoms. The van der Waals surface area contributed by atoms with Crippen molar-refractivity contribution in [3.63, 3.8) is 0 Å². The smallest absolute Gasteiger partial charge is 0.228 e. The predicted octanol–water partition coefficient (Wildman–Crippen LogP) is 4.03. The van der Waals surface area contributed by atoms with E-state index in [1.54, 1.807) is 6.20 Å². The molecule has 0 radical (unpaired) electrons. The van der Waals surface area contributed by atoms with Crippen molar-refractivity contribution >= 4 is 31.9 Å². The van der Waals surface area contributed by atoms with Gasteiger partial charge in [0.25, 0.3) is 0 Å². The molecule has 0 aliphatic heterocycles. The Morgan fingerprint density at radius 1 is 1.50 bits per heavy atom. The van der Waals surface area contributed by atoms with E-state index in [0.29, 0.717) is 18.4 Å². The first-order valence-electron chi connectivity index (χ1n) is 4.57. The highest BCUT2D eigenvalue weighted by atomic mass is 79.9. The average molecular weight is 323 g/mol. The molecule has 0 amide bonds. The molecule has 0 fully saturated rings. The van der Waals surface area contributed by atoms with Crippen LogP contribution in [0.4, 0.5) is 0 Å². The number of hydrogen-bond donors (Lipinski definition) is 0. The minimum absolute atomic E-state index is 0.562. The predicted molar refractivity (Wildman–Crippen MR) is 64.6 cm³/mol. The summed E-state index contributed by atoms with van der Waals surface area (Å²) in [5, 5.41) is 0. The number of ether oxygens (including phenoxy) is 1. The van der Waals surface area contributed by atoms with E-state index in [2.05, 4.69) is 50.7 Å². The maximum absolute atomic E-state index is 5.57. The molecule has 1 aromatic rings. The van der Waals surface area contributed by atoms with Gasteiger partial charge in [0, 0.05) is 10.7 Å². The van der Waals surface area contributed by atoms with Gasteiger partial charge in [0.1, 0.15) is 0 Å². The minimum atomic E-state index is 0.562. The van der Waals surface area contributed by atoms with Gasteiger partial charge in [0.05, 0.1) is 11.1 Å². The van der Waals surface area contributed by atoms with Crippen molar-refractivity contribution < 1.29 is 4.74 Å². The van der Waals surface area contributed by atoms with E-state index >= 15 is 0 Å². The first-order chi connectivity index (χ1) is 6.63. The van der Waals surface area contributed by atoms with E-state index in [9.17, 15) is 0 Å². The Hall–Kier alpha value is -0.0900. The van der Waals surface area contributed by atoms with E-state index in [1.807, 2.05) is 6.07 Å². The van der Waals surface area contributed by atoms with Crippen LogP contribution in [0.15, 0.2) is 21.2 Å². The molecule has 0 saturated heterocycles. The molecule has 1 aromatic heterocycles. The van der Waals surface area contributed by atoms with Crippen molar-refractivity contribution in [2.75, 3.05) is 6.61 Å². The van der Waals surface area contributed by atoms with Crippen LogP contribution in [0.5, 0.6) is 5.88 Å². The van der Waals surface area contributed by atoms with Crippen LogP contribution in [-0.2, 0) is 0 Å². The van der Waals surface area contributed by atoms with Crippen LogP contribution >= 0.6 is 31.9 Å². The van der Waals surface area contributed by atoms with Gasteiger partial charge in [-0.3, -0.25) is 0 Å². The van der Waals surface area contributed by atoms with Gasteiger partial charge in [-0.25, -0.2) is 4.98 Å². The lowest BCUT2D eigenvalue weighted by Gasteiger charge is -2.11. The largest absolute Gasteiger partial charge is 0.477 e. The first kappa shape index (κ1) is 12.0. The highest BCUT2D eigenvalue weighted by molar-refractivity contribution is 9.11. The lowest BCUT2D eigenvalue weighted by molar-refractivity contribution is 0.246. The highest BCUT2D eigenvalue weighted by Gasteiger charge is 2.05. The molecule has 0 spiro atoms. The Kier molecular flexibility index (Phi) is 4.89. The lowest BCUT2D eigenvalue weighted by atomic mass is 10.1. The molecule has 0 unspecified atom stereocenters. The van der Waals surface area contributed by atoms with E-state index in [0.717, 1.165) is 15.4 Å². The zero-order valence-electron chi connectivity index (χ0n) is 8.26. The summed E-state index contributed by atoms with van der Waals surface area (Å²) in [7, 11) is 0. The van der Waals surface area contributed by atoms with Crippen molar-refractivity contribution in [2.24, 2.45) is 5.92 Å². The first-order valence-corrected chi connectivity index (χ1v) is 6.16. The molecular weight excluding hydrogens is 310 g/mol. The van der Waals surface area contributed by atoms with Gasteiger partial charge in [-0.2, -0.15) is 0 Å². The Bertz CT molecular complexity index is 304. The molecule has 0 N–H and O–H groups in total.